The number of thiophene rings is 1. The molecule has 0 aliphatic carbocycles. The van der Waals surface area contributed by atoms with Crippen molar-refractivity contribution in [1.82, 2.24) is 20.4 Å². The Kier molecular flexibility index (Phi) is 6.73. The largest absolute Gasteiger partial charge is 0.465 e. The minimum atomic E-state index is -0.884. The van der Waals surface area contributed by atoms with E-state index >= 15 is 0 Å². The Bertz CT molecular complexity index is 843. The van der Waals surface area contributed by atoms with Crippen LogP contribution in [0.2, 0.25) is 0 Å². The number of carboxylic acid groups (broad SMARTS) is 1. The highest BCUT2D eigenvalue weighted by atomic mass is 32.1. The molecule has 9 nitrogen and oxygen atoms in total. The van der Waals surface area contributed by atoms with Crippen LogP contribution in [0.15, 0.2) is 16.5 Å². The fourth-order valence-electron chi connectivity index (χ4n) is 3.36. The summed E-state index contributed by atoms with van der Waals surface area (Å²) in [5.74, 6) is 0.475. The van der Waals surface area contributed by atoms with Crippen molar-refractivity contribution in [1.29, 1.82) is 0 Å². The third kappa shape index (κ3) is 5.26. The fourth-order valence-corrected chi connectivity index (χ4v) is 4.13. The third-order valence-corrected chi connectivity index (χ3v) is 6.25. The molecule has 1 aliphatic rings. The zero-order valence-electron chi connectivity index (χ0n) is 16.9. The first-order chi connectivity index (χ1) is 13.9. The predicted molar refractivity (Wildman–Crippen MR) is 109 cm³/mol. The number of amides is 2. The van der Waals surface area contributed by atoms with Gasteiger partial charge in [-0.05, 0) is 51.2 Å². The molecule has 158 valence electrons. The maximum absolute atomic E-state index is 12.7. The molecule has 0 radical (unpaired) electrons. The van der Waals surface area contributed by atoms with Crippen LogP contribution in [0, 0.1) is 12.8 Å². The number of hydrogen-bond acceptors (Lipinski definition) is 7. The quantitative estimate of drug-likeness (QED) is 0.706. The van der Waals surface area contributed by atoms with Crippen LogP contribution in [0.5, 0.6) is 0 Å². The second kappa shape index (κ2) is 9.25. The van der Waals surface area contributed by atoms with Gasteiger partial charge in [-0.1, -0.05) is 5.10 Å². The van der Waals surface area contributed by atoms with Crippen molar-refractivity contribution in [3.63, 3.8) is 0 Å². The normalized spacial score (nSPS) is 15.9. The van der Waals surface area contributed by atoms with Gasteiger partial charge >= 0.3 is 12.1 Å². The molecule has 29 heavy (non-hydrogen) atoms. The van der Waals surface area contributed by atoms with Crippen molar-refractivity contribution in [2.45, 2.75) is 39.2 Å². The Hall–Kier alpha value is -2.62. The van der Waals surface area contributed by atoms with Gasteiger partial charge in [-0.3, -0.25) is 4.79 Å². The van der Waals surface area contributed by atoms with E-state index in [0.29, 0.717) is 36.3 Å². The van der Waals surface area contributed by atoms with Gasteiger partial charge in [0, 0.05) is 31.6 Å². The van der Waals surface area contributed by atoms with E-state index in [2.05, 4.69) is 15.5 Å². The minimum absolute atomic E-state index is 0.167. The lowest BCUT2D eigenvalue weighted by molar-refractivity contribution is 0.0917. The van der Waals surface area contributed by atoms with E-state index in [0.717, 1.165) is 24.3 Å². The summed E-state index contributed by atoms with van der Waals surface area (Å²) in [5.41, 5.74) is 0. The number of rotatable bonds is 7. The first-order valence-electron chi connectivity index (χ1n) is 9.77. The number of nitrogens with one attached hydrogen (secondary N) is 1. The van der Waals surface area contributed by atoms with Gasteiger partial charge in [-0.15, -0.1) is 16.4 Å². The van der Waals surface area contributed by atoms with Gasteiger partial charge in [-0.25, -0.2) is 4.79 Å². The van der Waals surface area contributed by atoms with Gasteiger partial charge in [0.05, 0.1) is 4.88 Å². The van der Waals surface area contributed by atoms with Crippen LogP contribution in [0.4, 0.5) is 10.8 Å². The molecule has 1 aliphatic heterocycles. The van der Waals surface area contributed by atoms with Crippen LogP contribution in [0.25, 0.3) is 0 Å². The van der Waals surface area contributed by atoms with Crippen molar-refractivity contribution >= 4 is 29.4 Å². The van der Waals surface area contributed by atoms with E-state index in [4.69, 9.17) is 9.52 Å². The Morgan fingerprint density at radius 1 is 1.38 bits per heavy atom. The van der Waals surface area contributed by atoms with Crippen LogP contribution in [0.1, 0.15) is 52.7 Å². The summed E-state index contributed by atoms with van der Waals surface area (Å²) in [5, 5.41) is 20.4. The van der Waals surface area contributed by atoms with E-state index in [1.54, 1.807) is 0 Å². The SMILES string of the molecule is CCN(C)c1nnc(C(CC2CCN(C(=O)O)CC2)NC(=O)c2ccc(C)s2)o1. The summed E-state index contributed by atoms with van der Waals surface area (Å²) in [4.78, 5) is 28.8. The molecule has 2 aromatic heterocycles. The topological polar surface area (TPSA) is 112 Å². The van der Waals surface area contributed by atoms with Crippen LogP contribution in [0.3, 0.4) is 0 Å². The van der Waals surface area contributed by atoms with E-state index in [9.17, 15) is 9.59 Å². The Morgan fingerprint density at radius 2 is 2.10 bits per heavy atom. The average Bonchev–Trinajstić information content (AvgIpc) is 3.36. The summed E-state index contributed by atoms with van der Waals surface area (Å²) in [6, 6.07) is 3.71. The van der Waals surface area contributed by atoms with Gasteiger partial charge in [0.2, 0.25) is 5.89 Å². The minimum Gasteiger partial charge on any atom is -0.465 e. The molecule has 2 aromatic rings. The highest BCUT2D eigenvalue weighted by molar-refractivity contribution is 7.13. The van der Waals surface area contributed by atoms with Crippen molar-refractivity contribution in [3.8, 4) is 0 Å². The van der Waals surface area contributed by atoms with Crippen LogP contribution in [-0.4, -0.2) is 58.9 Å². The third-order valence-electron chi connectivity index (χ3n) is 5.25. The molecule has 0 saturated carbocycles. The summed E-state index contributed by atoms with van der Waals surface area (Å²) in [7, 11) is 1.86. The monoisotopic (exact) mass is 421 g/mol. The number of hydrogen-bond donors (Lipinski definition) is 2. The zero-order valence-corrected chi connectivity index (χ0v) is 17.7. The number of anilines is 1. The summed E-state index contributed by atoms with van der Waals surface area (Å²) in [6.07, 6.45) is 1.23. The van der Waals surface area contributed by atoms with Crippen molar-refractivity contribution in [2.24, 2.45) is 5.92 Å². The lowest BCUT2D eigenvalue weighted by Crippen LogP contribution is -2.39. The number of likely N-dealkylation sites (tertiary alicyclic amines) is 1. The number of aryl methyl sites for hydroxylation is 1. The average molecular weight is 422 g/mol. The molecule has 0 bridgehead atoms. The van der Waals surface area contributed by atoms with Gasteiger partial charge < -0.3 is 24.6 Å². The lowest BCUT2D eigenvalue weighted by atomic mass is 9.90. The molecule has 1 unspecified atom stereocenters. The first kappa shape index (κ1) is 21.1. The molecule has 1 saturated heterocycles. The number of aromatic nitrogens is 2. The zero-order chi connectivity index (χ0) is 21.0. The molecular formula is C19H27N5O4S. The van der Waals surface area contributed by atoms with E-state index in [1.807, 2.05) is 37.9 Å². The first-order valence-corrected chi connectivity index (χ1v) is 10.6. The van der Waals surface area contributed by atoms with Crippen molar-refractivity contribution in [3.05, 3.63) is 27.8 Å². The molecule has 2 N–H and O–H groups in total. The Balaban J connectivity index is 1.73. The number of nitrogens with zero attached hydrogens (tertiary/aromatic N) is 4. The molecule has 3 heterocycles. The number of carbonyl (C=O) groups excluding carboxylic acids is 1. The maximum Gasteiger partial charge on any atom is 0.407 e. The standard InChI is InChI=1S/C19H27N5O4S/c1-4-23(3)18-22-21-17(28-18)14(20-16(25)15-6-5-12(2)29-15)11-13-7-9-24(10-8-13)19(26)27/h5-6,13-14H,4,7-11H2,1-3H3,(H,20,25)(H,26,27). The second-order valence-electron chi connectivity index (χ2n) is 7.32. The van der Waals surface area contributed by atoms with Gasteiger partial charge in [0.15, 0.2) is 0 Å². The molecule has 10 heteroatoms. The maximum atomic E-state index is 12.7. The van der Waals surface area contributed by atoms with Crippen molar-refractivity contribution < 1.29 is 19.1 Å². The lowest BCUT2D eigenvalue weighted by Gasteiger charge is -2.31. The molecule has 3 rings (SSSR count). The van der Waals surface area contributed by atoms with E-state index < -0.39 is 12.1 Å². The molecule has 0 aromatic carbocycles. The summed E-state index contributed by atoms with van der Waals surface area (Å²) >= 11 is 1.44. The van der Waals surface area contributed by atoms with Crippen LogP contribution >= 0.6 is 11.3 Å². The summed E-state index contributed by atoms with van der Waals surface area (Å²) < 4.78 is 5.83. The van der Waals surface area contributed by atoms with Crippen molar-refractivity contribution in [2.75, 3.05) is 31.6 Å². The Morgan fingerprint density at radius 3 is 2.69 bits per heavy atom. The fraction of sp³-hybridized carbons (Fsp3) is 0.579. The Labute approximate surface area is 173 Å². The molecular weight excluding hydrogens is 394 g/mol. The molecule has 2 amide bonds. The van der Waals surface area contributed by atoms with Gasteiger partial charge in [-0.2, -0.15) is 0 Å². The highest BCUT2D eigenvalue weighted by Crippen LogP contribution is 2.29. The van der Waals surface area contributed by atoms with E-state index in [-0.39, 0.29) is 11.8 Å². The number of carbonyl (C=O) groups is 2. The van der Waals surface area contributed by atoms with Crippen LogP contribution < -0.4 is 10.2 Å². The highest BCUT2D eigenvalue weighted by Gasteiger charge is 2.29. The molecule has 0 spiro atoms. The summed E-state index contributed by atoms with van der Waals surface area (Å²) in [6.45, 7) is 5.66. The van der Waals surface area contributed by atoms with Crippen LogP contribution in [-0.2, 0) is 0 Å². The van der Waals surface area contributed by atoms with Gasteiger partial charge in [0.25, 0.3) is 5.91 Å². The molecule has 1 fully saturated rings. The number of piperidine rings is 1. The smallest absolute Gasteiger partial charge is 0.407 e. The van der Waals surface area contributed by atoms with E-state index in [1.165, 1.54) is 16.2 Å². The van der Waals surface area contributed by atoms with Gasteiger partial charge in [0.1, 0.15) is 6.04 Å². The second-order valence-corrected chi connectivity index (χ2v) is 8.61. The predicted octanol–water partition coefficient (Wildman–Crippen LogP) is 3.15. The molecule has 1 atom stereocenters.